The Bertz CT molecular complexity index is 797. The highest BCUT2D eigenvalue weighted by Crippen LogP contribution is 2.09. The molecule has 0 saturated carbocycles. The van der Waals surface area contributed by atoms with E-state index in [1.54, 1.807) is 6.33 Å². The number of likely N-dealkylation sites (N-methyl/N-ethyl adjacent to an activating group) is 1. The van der Waals surface area contributed by atoms with Crippen LogP contribution >= 0.6 is 12.4 Å². The first-order chi connectivity index (χ1) is 10.3. The van der Waals surface area contributed by atoms with Crippen LogP contribution in [0.1, 0.15) is 11.4 Å². The minimum absolute atomic E-state index is 0. The molecule has 2 aromatic heterocycles. The average Bonchev–Trinajstić information content (AvgIpc) is 2.90. The normalized spacial score (nSPS) is 10.6. The van der Waals surface area contributed by atoms with Crippen molar-refractivity contribution in [3.05, 3.63) is 58.4 Å². The van der Waals surface area contributed by atoms with E-state index in [2.05, 4.69) is 20.3 Å². The maximum atomic E-state index is 12.3. The lowest BCUT2D eigenvalue weighted by Crippen LogP contribution is -2.18. The van der Waals surface area contributed by atoms with Gasteiger partial charge >= 0.3 is 0 Å². The molecule has 1 aromatic carbocycles. The molecular weight excluding hydrogens is 302 g/mol. The SMILES string of the molecule is CNCCc1nc2ncn(Cc3ccccc3)c2c(=O)[nH]1.Cl. The highest BCUT2D eigenvalue weighted by Gasteiger charge is 2.10. The molecule has 0 unspecified atom stereocenters. The van der Waals surface area contributed by atoms with Gasteiger partial charge in [-0.1, -0.05) is 30.3 Å². The molecule has 2 heterocycles. The van der Waals surface area contributed by atoms with E-state index in [0.29, 0.717) is 30.0 Å². The van der Waals surface area contributed by atoms with E-state index in [1.165, 1.54) is 0 Å². The van der Waals surface area contributed by atoms with Gasteiger partial charge in [0.25, 0.3) is 5.56 Å². The molecule has 0 saturated heterocycles. The topological polar surface area (TPSA) is 75.6 Å². The minimum atomic E-state index is -0.139. The lowest BCUT2D eigenvalue weighted by molar-refractivity contribution is 0.753. The van der Waals surface area contributed by atoms with Crippen molar-refractivity contribution in [1.29, 1.82) is 0 Å². The summed E-state index contributed by atoms with van der Waals surface area (Å²) in [5.41, 5.74) is 2.00. The van der Waals surface area contributed by atoms with Crippen LogP contribution in [-0.4, -0.2) is 33.1 Å². The molecule has 3 rings (SSSR count). The van der Waals surface area contributed by atoms with E-state index in [4.69, 9.17) is 0 Å². The summed E-state index contributed by atoms with van der Waals surface area (Å²) in [6.07, 6.45) is 2.34. The predicted molar refractivity (Wildman–Crippen MR) is 88.6 cm³/mol. The maximum Gasteiger partial charge on any atom is 0.277 e. The number of benzene rings is 1. The van der Waals surface area contributed by atoms with Crippen molar-refractivity contribution >= 4 is 23.6 Å². The number of aromatic amines is 1. The lowest BCUT2D eigenvalue weighted by Gasteiger charge is -2.04. The zero-order valence-corrected chi connectivity index (χ0v) is 13.1. The molecule has 0 atom stereocenters. The molecule has 0 aliphatic carbocycles. The fraction of sp³-hybridized carbons (Fsp3) is 0.267. The second-order valence-electron chi connectivity index (χ2n) is 4.90. The monoisotopic (exact) mass is 319 g/mol. The molecule has 0 amide bonds. The zero-order valence-electron chi connectivity index (χ0n) is 12.2. The second kappa shape index (κ2) is 7.20. The Balaban J connectivity index is 0.00000176. The highest BCUT2D eigenvalue weighted by atomic mass is 35.5. The molecule has 0 aliphatic rings. The summed E-state index contributed by atoms with van der Waals surface area (Å²) in [5, 5.41) is 3.03. The summed E-state index contributed by atoms with van der Waals surface area (Å²) >= 11 is 0. The molecule has 7 heteroatoms. The van der Waals surface area contributed by atoms with Gasteiger partial charge in [-0.3, -0.25) is 4.79 Å². The van der Waals surface area contributed by atoms with Crippen LogP contribution in [0.15, 0.2) is 41.5 Å². The minimum Gasteiger partial charge on any atom is -0.320 e. The van der Waals surface area contributed by atoms with Crippen molar-refractivity contribution in [3.63, 3.8) is 0 Å². The maximum absolute atomic E-state index is 12.3. The number of fused-ring (bicyclic) bond motifs is 1. The van der Waals surface area contributed by atoms with E-state index in [0.717, 1.165) is 12.1 Å². The van der Waals surface area contributed by atoms with Crippen LogP contribution in [0.2, 0.25) is 0 Å². The number of nitrogens with zero attached hydrogens (tertiary/aromatic N) is 3. The first-order valence-corrected chi connectivity index (χ1v) is 6.90. The molecule has 2 N–H and O–H groups in total. The summed E-state index contributed by atoms with van der Waals surface area (Å²) in [4.78, 5) is 23.8. The average molecular weight is 320 g/mol. The van der Waals surface area contributed by atoms with Crippen LogP contribution in [-0.2, 0) is 13.0 Å². The van der Waals surface area contributed by atoms with Crippen molar-refractivity contribution < 1.29 is 0 Å². The van der Waals surface area contributed by atoms with Gasteiger partial charge in [-0.15, -0.1) is 12.4 Å². The molecule has 0 fully saturated rings. The zero-order chi connectivity index (χ0) is 14.7. The number of halogens is 1. The van der Waals surface area contributed by atoms with Gasteiger partial charge in [-0.25, -0.2) is 9.97 Å². The number of H-pyrrole nitrogens is 1. The molecule has 0 bridgehead atoms. The van der Waals surface area contributed by atoms with Gasteiger partial charge in [0.05, 0.1) is 6.33 Å². The van der Waals surface area contributed by atoms with E-state index >= 15 is 0 Å². The summed E-state index contributed by atoms with van der Waals surface area (Å²) in [7, 11) is 1.87. The third kappa shape index (κ3) is 3.35. The standard InChI is InChI=1S/C15H17N5O.ClH/c1-16-8-7-12-18-14-13(15(21)19-12)20(10-17-14)9-11-5-3-2-4-6-11;/h2-6,10,16H,7-9H2,1H3,(H,18,19,21);1H. The quantitative estimate of drug-likeness (QED) is 0.744. The molecule has 6 nitrogen and oxygen atoms in total. The van der Waals surface area contributed by atoms with Gasteiger partial charge in [0.2, 0.25) is 0 Å². The van der Waals surface area contributed by atoms with Crippen molar-refractivity contribution in [2.24, 2.45) is 0 Å². The van der Waals surface area contributed by atoms with Crippen LogP contribution in [0, 0.1) is 0 Å². The number of nitrogens with one attached hydrogen (secondary N) is 2. The van der Waals surface area contributed by atoms with Gasteiger partial charge in [0.1, 0.15) is 5.82 Å². The van der Waals surface area contributed by atoms with Crippen molar-refractivity contribution in [3.8, 4) is 0 Å². The van der Waals surface area contributed by atoms with Crippen molar-refractivity contribution in [2.45, 2.75) is 13.0 Å². The predicted octanol–water partition coefficient (Wildman–Crippen LogP) is 1.35. The van der Waals surface area contributed by atoms with Gasteiger partial charge in [0, 0.05) is 19.5 Å². The molecule has 0 aliphatic heterocycles. The Hall–Kier alpha value is -2.18. The first kappa shape index (κ1) is 16.2. The van der Waals surface area contributed by atoms with Crippen LogP contribution in [0.5, 0.6) is 0 Å². The molecule has 116 valence electrons. The molecule has 3 aromatic rings. The first-order valence-electron chi connectivity index (χ1n) is 6.90. The summed E-state index contributed by atoms with van der Waals surface area (Å²) < 4.78 is 1.83. The van der Waals surface area contributed by atoms with Gasteiger partial charge in [0.15, 0.2) is 11.2 Å². The molecular formula is C15H18ClN5O. The van der Waals surface area contributed by atoms with Crippen LogP contribution < -0.4 is 10.9 Å². The fourth-order valence-electron chi connectivity index (χ4n) is 2.29. The van der Waals surface area contributed by atoms with Crippen molar-refractivity contribution in [1.82, 2.24) is 24.8 Å². The number of hydrogen-bond donors (Lipinski definition) is 2. The smallest absolute Gasteiger partial charge is 0.277 e. The summed E-state index contributed by atoms with van der Waals surface area (Å²) in [6.45, 7) is 1.37. The fourth-order valence-corrected chi connectivity index (χ4v) is 2.29. The molecule has 0 radical (unpaired) electrons. The van der Waals surface area contributed by atoms with Gasteiger partial charge in [-0.05, 0) is 12.6 Å². The van der Waals surface area contributed by atoms with Crippen LogP contribution in [0.4, 0.5) is 0 Å². The highest BCUT2D eigenvalue weighted by molar-refractivity contribution is 5.85. The van der Waals surface area contributed by atoms with E-state index in [1.807, 2.05) is 41.9 Å². The number of aromatic nitrogens is 4. The third-order valence-electron chi connectivity index (χ3n) is 3.34. The summed E-state index contributed by atoms with van der Waals surface area (Å²) in [5.74, 6) is 0.659. The number of hydrogen-bond acceptors (Lipinski definition) is 4. The Labute approximate surface area is 134 Å². The van der Waals surface area contributed by atoms with Gasteiger partial charge < -0.3 is 14.9 Å². The van der Waals surface area contributed by atoms with Crippen LogP contribution in [0.3, 0.4) is 0 Å². The summed E-state index contributed by atoms with van der Waals surface area (Å²) in [6, 6.07) is 9.97. The Kier molecular flexibility index (Phi) is 5.30. The number of imidazole rings is 1. The van der Waals surface area contributed by atoms with Crippen LogP contribution in [0.25, 0.3) is 11.2 Å². The van der Waals surface area contributed by atoms with Gasteiger partial charge in [-0.2, -0.15) is 0 Å². The second-order valence-corrected chi connectivity index (χ2v) is 4.90. The largest absolute Gasteiger partial charge is 0.320 e. The Morgan fingerprint density at radius 3 is 2.77 bits per heavy atom. The molecule has 0 spiro atoms. The van der Waals surface area contributed by atoms with Crippen molar-refractivity contribution in [2.75, 3.05) is 13.6 Å². The third-order valence-corrected chi connectivity index (χ3v) is 3.34. The number of rotatable bonds is 5. The van der Waals surface area contributed by atoms with E-state index in [-0.39, 0.29) is 18.0 Å². The Morgan fingerprint density at radius 1 is 1.27 bits per heavy atom. The van der Waals surface area contributed by atoms with E-state index in [9.17, 15) is 4.79 Å². The molecule has 22 heavy (non-hydrogen) atoms. The Morgan fingerprint density at radius 2 is 2.05 bits per heavy atom. The lowest BCUT2D eigenvalue weighted by atomic mass is 10.2. The van der Waals surface area contributed by atoms with E-state index < -0.39 is 0 Å².